The molecule has 1 aromatic rings. The summed E-state index contributed by atoms with van der Waals surface area (Å²) in [7, 11) is 0. The van der Waals surface area contributed by atoms with Crippen molar-refractivity contribution < 1.29 is 4.74 Å². The number of anilines is 1. The second-order valence-electron chi connectivity index (χ2n) is 3.97. The maximum absolute atomic E-state index is 5.62. The fraction of sp³-hybridized carbons (Fsp3) is 0.636. The Bertz CT molecular complexity index is 323. The van der Waals surface area contributed by atoms with Crippen molar-refractivity contribution in [3.63, 3.8) is 0 Å². The van der Waals surface area contributed by atoms with Crippen molar-refractivity contribution in [1.29, 1.82) is 0 Å². The van der Waals surface area contributed by atoms with Gasteiger partial charge in [-0.15, -0.1) is 0 Å². The number of rotatable bonds is 3. The van der Waals surface area contributed by atoms with Crippen molar-refractivity contribution >= 4 is 5.82 Å². The quantitative estimate of drug-likeness (QED) is 0.820. The summed E-state index contributed by atoms with van der Waals surface area (Å²) in [5, 5.41) is 3.35. The van der Waals surface area contributed by atoms with E-state index in [1.807, 2.05) is 6.92 Å². The van der Waals surface area contributed by atoms with Crippen LogP contribution in [0.1, 0.15) is 25.5 Å². The van der Waals surface area contributed by atoms with Crippen molar-refractivity contribution in [2.75, 3.05) is 11.9 Å². The van der Waals surface area contributed by atoms with E-state index in [0.717, 1.165) is 31.0 Å². The normalized spacial score (nSPS) is 22.7. The van der Waals surface area contributed by atoms with Gasteiger partial charge in [0.25, 0.3) is 0 Å². The van der Waals surface area contributed by atoms with Gasteiger partial charge in [-0.1, -0.05) is 0 Å². The number of aryl methyl sites for hydroxylation is 1. The van der Waals surface area contributed by atoms with Crippen LogP contribution >= 0.6 is 0 Å². The molecule has 2 unspecified atom stereocenters. The van der Waals surface area contributed by atoms with Crippen LogP contribution in [-0.2, 0) is 4.74 Å². The van der Waals surface area contributed by atoms with Gasteiger partial charge in [0.15, 0.2) is 0 Å². The molecule has 1 aliphatic rings. The standard InChI is InChI=1S/C11H17N3O/c1-8(10-4-3-7-15-10)14-11-9(2)12-5-6-13-11/h5-6,8,10H,3-4,7H2,1-2H3,(H,13,14). The van der Waals surface area contributed by atoms with Crippen LogP contribution in [0.2, 0.25) is 0 Å². The molecule has 0 bridgehead atoms. The first-order chi connectivity index (χ1) is 7.27. The van der Waals surface area contributed by atoms with Crippen molar-refractivity contribution in [3.05, 3.63) is 18.1 Å². The molecule has 0 saturated carbocycles. The summed E-state index contributed by atoms with van der Waals surface area (Å²) in [6, 6.07) is 0.294. The molecule has 2 heterocycles. The molecule has 2 atom stereocenters. The Morgan fingerprint density at radius 3 is 2.93 bits per heavy atom. The van der Waals surface area contributed by atoms with E-state index in [4.69, 9.17) is 4.74 Å². The van der Waals surface area contributed by atoms with Gasteiger partial charge < -0.3 is 10.1 Å². The highest BCUT2D eigenvalue weighted by Crippen LogP contribution is 2.18. The van der Waals surface area contributed by atoms with Crippen LogP contribution in [0.5, 0.6) is 0 Å². The van der Waals surface area contributed by atoms with Crippen LogP contribution in [0.25, 0.3) is 0 Å². The lowest BCUT2D eigenvalue weighted by Gasteiger charge is -2.20. The number of aromatic nitrogens is 2. The topological polar surface area (TPSA) is 47.0 Å². The summed E-state index contributed by atoms with van der Waals surface area (Å²) in [5.41, 5.74) is 0.933. The van der Waals surface area contributed by atoms with Gasteiger partial charge in [0.05, 0.1) is 17.8 Å². The second-order valence-corrected chi connectivity index (χ2v) is 3.97. The summed E-state index contributed by atoms with van der Waals surface area (Å²) in [4.78, 5) is 8.45. The number of hydrogen-bond acceptors (Lipinski definition) is 4. The first-order valence-corrected chi connectivity index (χ1v) is 5.43. The van der Waals surface area contributed by atoms with E-state index in [2.05, 4.69) is 22.2 Å². The average molecular weight is 207 g/mol. The molecule has 1 fully saturated rings. The van der Waals surface area contributed by atoms with E-state index in [-0.39, 0.29) is 0 Å². The minimum absolute atomic E-state index is 0.294. The fourth-order valence-corrected chi connectivity index (χ4v) is 1.85. The third kappa shape index (κ3) is 2.45. The van der Waals surface area contributed by atoms with Gasteiger partial charge in [0.2, 0.25) is 0 Å². The minimum Gasteiger partial charge on any atom is -0.376 e. The minimum atomic E-state index is 0.294. The zero-order valence-corrected chi connectivity index (χ0v) is 9.23. The molecular weight excluding hydrogens is 190 g/mol. The third-order valence-corrected chi connectivity index (χ3v) is 2.77. The van der Waals surface area contributed by atoms with Crippen LogP contribution in [0, 0.1) is 6.92 Å². The molecular formula is C11H17N3O. The lowest BCUT2D eigenvalue weighted by atomic mass is 10.1. The van der Waals surface area contributed by atoms with Crippen molar-refractivity contribution in [1.82, 2.24) is 9.97 Å². The van der Waals surface area contributed by atoms with Crippen LogP contribution in [0.15, 0.2) is 12.4 Å². The van der Waals surface area contributed by atoms with Crippen LogP contribution in [0.3, 0.4) is 0 Å². The zero-order valence-electron chi connectivity index (χ0n) is 9.23. The van der Waals surface area contributed by atoms with E-state index in [0.29, 0.717) is 12.1 Å². The van der Waals surface area contributed by atoms with Gasteiger partial charge >= 0.3 is 0 Å². The molecule has 0 amide bonds. The molecule has 2 rings (SSSR count). The highest BCUT2D eigenvalue weighted by Gasteiger charge is 2.22. The first kappa shape index (κ1) is 10.4. The highest BCUT2D eigenvalue weighted by molar-refractivity contribution is 5.39. The van der Waals surface area contributed by atoms with E-state index in [9.17, 15) is 0 Å². The number of hydrogen-bond donors (Lipinski definition) is 1. The van der Waals surface area contributed by atoms with E-state index >= 15 is 0 Å². The molecule has 1 aliphatic heterocycles. The summed E-state index contributed by atoms with van der Waals surface area (Å²) < 4.78 is 5.62. The Kier molecular flexibility index (Phi) is 3.16. The lowest BCUT2D eigenvalue weighted by Crippen LogP contribution is -2.30. The third-order valence-electron chi connectivity index (χ3n) is 2.77. The average Bonchev–Trinajstić information content (AvgIpc) is 2.74. The largest absolute Gasteiger partial charge is 0.376 e. The van der Waals surface area contributed by atoms with Gasteiger partial charge in [0.1, 0.15) is 5.82 Å². The Labute approximate surface area is 90.1 Å². The van der Waals surface area contributed by atoms with Gasteiger partial charge in [-0.05, 0) is 26.7 Å². The molecule has 15 heavy (non-hydrogen) atoms. The maximum Gasteiger partial charge on any atom is 0.147 e. The van der Waals surface area contributed by atoms with Crippen LogP contribution in [0.4, 0.5) is 5.82 Å². The zero-order chi connectivity index (χ0) is 10.7. The molecule has 0 radical (unpaired) electrons. The predicted molar refractivity (Wildman–Crippen MR) is 58.8 cm³/mol. The van der Waals surface area contributed by atoms with E-state index in [1.54, 1.807) is 12.4 Å². The lowest BCUT2D eigenvalue weighted by molar-refractivity contribution is 0.0995. The van der Waals surface area contributed by atoms with E-state index in [1.165, 1.54) is 0 Å². The van der Waals surface area contributed by atoms with Gasteiger partial charge in [-0.2, -0.15) is 0 Å². The molecule has 1 aromatic heterocycles. The summed E-state index contributed by atoms with van der Waals surface area (Å²) in [5.74, 6) is 0.862. The van der Waals surface area contributed by atoms with Crippen molar-refractivity contribution in [2.24, 2.45) is 0 Å². The molecule has 0 spiro atoms. The molecule has 4 heteroatoms. The van der Waals surface area contributed by atoms with E-state index < -0.39 is 0 Å². The smallest absolute Gasteiger partial charge is 0.147 e. The molecule has 82 valence electrons. The van der Waals surface area contributed by atoms with Crippen molar-refractivity contribution in [2.45, 2.75) is 38.8 Å². The summed E-state index contributed by atoms with van der Waals surface area (Å²) in [6.45, 7) is 4.97. The van der Waals surface area contributed by atoms with Crippen molar-refractivity contribution in [3.8, 4) is 0 Å². The SMILES string of the molecule is Cc1nccnc1NC(C)C1CCCO1. The van der Waals surface area contributed by atoms with Gasteiger partial charge in [0, 0.05) is 19.0 Å². The van der Waals surface area contributed by atoms with Crippen LogP contribution in [-0.4, -0.2) is 28.7 Å². The summed E-state index contributed by atoms with van der Waals surface area (Å²) in [6.07, 6.45) is 6.02. The highest BCUT2D eigenvalue weighted by atomic mass is 16.5. The molecule has 0 aromatic carbocycles. The monoisotopic (exact) mass is 207 g/mol. The fourth-order valence-electron chi connectivity index (χ4n) is 1.85. The molecule has 1 N–H and O–H groups in total. The Morgan fingerprint density at radius 2 is 2.27 bits per heavy atom. The Morgan fingerprint density at radius 1 is 1.47 bits per heavy atom. The predicted octanol–water partition coefficient (Wildman–Crippen LogP) is 1.76. The Balaban J connectivity index is 1.99. The second kappa shape index (κ2) is 4.57. The number of nitrogens with zero attached hydrogens (tertiary/aromatic N) is 2. The number of ether oxygens (including phenoxy) is 1. The van der Waals surface area contributed by atoms with Gasteiger partial charge in [-0.25, -0.2) is 4.98 Å². The van der Waals surface area contributed by atoms with Gasteiger partial charge in [-0.3, -0.25) is 4.98 Å². The molecule has 4 nitrogen and oxygen atoms in total. The molecule has 0 aliphatic carbocycles. The van der Waals surface area contributed by atoms with Crippen LogP contribution < -0.4 is 5.32 Å². The summed E-state index contributed by atoms with van der Waals surface area (Å²) >= 11 is 0. The Hall–Kier alpha value is -1.16. The molecule has 1 saturated heterocycles. The number of nitrogens with one attached hydrogen (secondary N) is 1. The maximum atomic E-state index is 5.62. The first-order valence-electron chi connectivity index (χ1n) is 5.43.